The Kier molecular flexibility index (Phi) is 4.49. The maximum atomic E-state index is 11.3. The molecule has 0 spiro atoms. The van der Waals surface area contributed by atoms with Gasteiger partial charge in [0.25, 0.3) is 5.91 Å². The number of hydrogen-bond acceptors (Lipinski definition) is 3. The van der Waals surface area contributed by atoms with Crippen LogP contribution >= 0.6 is 11.6 Å². The number of furan rings is 1. The van der Waals surface area contributed by atoms with Gasteiger partial charge in [-0.25, -0.2) is 0 Å². The Hall–Kier alpha value is -1.00. The Morgan fingerprint density at radius 2 is 2.29 bits per heavy atom. The van der Waals surface area contributed by atoms with Gasteiger partial charge in [-0.2, -0.15) is 0 Å². The molecule has 0 radical (unpaired) electrons. The lowest BCUT2D eigenvalue weighted by Crippen LogP contribution is -2.31. The molecule has 0 aliphatic rings. The van der Waals surface area contributed by atoms with E-state index < -0.39 is 0 Å². The van der Waals surface area contributed by atoms with Gasteiger partial charge in [0.1, 0.15) is 0 Å². The molecule has 0 bridgehead atoms. The molecule has 0 saturated heterocycles. The summed E-state index contributed by atoms with van der Waals surface area (Å²) in [6.07, 6.45) is 0. The van der Waals surface area contributed by atoms with Gasteiger partial charge in [0, 0.05) is 13.1 Å². The highest BCUT2D eigenvalue weighted by atomic mass is 35.5. The van der Waals surface area contributed by atoms with Crippen LogP contribution in [0.3, 0.4) is 0 Å². The number of likely N-dealkylation sites (N-methyl/N-ethyl adjacent to an activating group) is 1. The van der Waals surface area contributed by atoms with Gasteiger partial charge in [-0.05, 0) is 30.3 Å². The normalized spacial score (nSPS) is 10.1. The Morgan fingerprint density at radius 3 is 2.86 bits per heavy atom. The van der Waals surface area contributed by atoms with Gasteiger partial charge in [0.2, 0.25) is 0 Å². The van der Waals surface area contributed by atoms with E-state index >= 15 is 0 Å². The van der Waals surface area contributed by atoms with E-state index in [1.165, 1.54) is 0 Å². The molecule has 1 rings (SSSR count). The molecule has 0 atom stereocenters. The fraction of sp³-hybridized carbons (Fsp3) is 0.444. The van der Waals surface area contributed by atoms with E-state index in [-0.39, 0.29) is 16.9 Å². The summed E-state index contributed by atoms with van der Waals surface area (Å²) in [4.78, 5) is 11.3. The third-order valence-corrected chi connectivity index (χ3v) is 1.84. The van der Waals surface area contributed by atoms with Crippen LogP contribution in [0.2, 0.25) is 5.22 Å². The molecular formula is C9H13ClN2O2. The number of rotatable bonds is 5. The molecule has 14 heavy (non-hydrogen) atoms. The molecular weight excluding hydrogens is 204 g/mol. The van der Waals surface area contributed by atoms with Crippen LogP contribution < -0.4 is 10.6 Å². The second kappa shape index (κ2) is 5.67. The van der Waals surface area contributed by atoms with Crippen LogP contribution in [0.25, 0.3) is 0 Å². The summed E-state index contributed by atoms with van der Waals surface area (Å²) in [5.74, 6) is 0.00121. The van der Waals surface area contributed by atoms with E-state index in [0.29, 0.717) is 6.54 Å². The van der Waals surface area contributed by atoms with Crippen LogP contribution in [-0.2, 0) is 0 Å². The summed E-state index contributed by atoms with van der Waals surface area (Å²) in [6.45, 7) is 4.22. The molecule has 1 aromatic heterocycles. The van der Waals surface area contributed by atoms with Gasteiger partial charge in [0.05, 0.1) is 0 Å². The molecule has 1 aromatic rings. The molecule has 0 aliphatic heterocycles. The molecule has 5 heteroatoms. The van der Waals surface area contributed by atoms with Gasteiger partial charge in [-0.1, -0.05) is 6.92 Å². The Balaban J connectivity index is 2.29. The lowest BCUT2D eigenvalue weighted by Gasteiger charge is -2.02. The van der Waals surface area contributed by atoms with Crippen molar-refractivity contribution >= 4 is 17.5 Å². The van der Waals surface area contributed by atoms with Gasteiger partial charge >= 0.3 is 0 Å². The summed E-state index contributed by atoms with van der Waals surface area (Å²) < 4.78 is 4.94. The van der Waals surface area contributed by atoms with Crippen molar-refractivity contribution in [3.63, 3.8) is 0 Å². The van der Waals surface area contributed by atoms with E-state index in [4.69, 9.17) is 16.0 Å². The summed E-state index contributed by atoms with van der Waals surface area (Å²) in [5, 5.41) is 6.01. The van der Waals surface area contributed by atoms with Gasteiger partial charge in [-0.3, -0.25) is 4.79 Å². The first-order valence-corrected chi connectivity index (χ1v) is 4.86. The van der Waals surface area contributed by atoms with Gasteiger partial charge < -0.3 is 15.1 Å². The minimum absolute atomic E-state index is 0.224. The number of hydrogen-bond donors (Lipinski definition) is 2. The predicted octanol–water partition coefficient (Wildman–Crippen LogP) is 1.27. The molecule has 0 unspecified atom stereocenters. The minimum Gasteiger partial charge on any atom is -0.440 e. The van der Waals surface area contributed by atoms with Crippen molar-refractivity contribution in [3.8, 4) is 0 Å². The van der Waals surface area contributed by atoms with Crippen molar-refractivity contribution in [1.82, 2.24) is 10.6 Å². The van der Waals surface area contributed by atoms with Gasteiger partial charge in [-0.15, -0.1) is 0 Å². The Morgan fingerprint density at radius 1 is 1.50 bits per heavy atom. The summed E-state index contributed by atoms with van der Waals surface area (Å²) in [7, 11) is 0. The van der Waals surface area contributed by atoms with Crippen LogP contribution in [0.15, 0.2) is 16.5 Å². The van der Waals surface area contributed by atoms with Crippen LogP contribution in [-0.4, -0.2) is 25.5 Å². The average molecular weight is 217 g/mol. The molecule has 1 heterocycles. The van der Waals surface area contributed by atoms with Crippen LogP contribution in [0.4, 0.5) is 0 Å². The molecule has 2 N–H and O–H groups in total. The van der Waals surface area contributed by atoms with Crippen molar-refractivity contribution in [2.45, 2.75) is 6.92 Å². The standard InChI is InChI=1S/C9H13ClN2O2/c1-2-11-5-6-12-9(13)7-3-4-8(10)14-7/h3-4,11H,2,5-6H2,1H3,(H,12,13). The highest BCUT2D eigenvalue weighted by Gasteiger charge is 2.08. The highest BCUT2D eigenvalue weighted by molar-refractivity contribution is 6.29. The zero-order valence-electron chi connectivity index (χ0n) is 7.97. The minimum atomic E-state index is -0.241. The topological polar surface area (TPSA) is 54.3 Å². The molecule has 4 nitrogen and oxygen atoms in total. The second-order valence-corrected chi connectivity index (χ2v) is 3.09. The first-order valence-electron chi connectivity index (χ1n) is 4.48. The van der Waals surface area contributed by atoms with E-state index in [1.807, 2.05) is 6.92 Å². The average Bonchev–Trinajstić information content (AvgIpc) is 2.59. The largest absolute Gasteiger partial charge is 0.440 e. The van der Waals surface area contributed by atoms with Crippen molar-refractivity contribution < 1.29 is 9.21 Å². The lowest BCUT2D eigenvalue weighted by molar-refractivity contribution is 0.0926. The molecule has 1 amide bonds. The zero-order chi connectivity index (χ0) is 10.4. The maximum Gasteiger partial charge on any atom is 0.287 e. The third kappa shape index (κ3) is 3.40. The maximum absolute atomic E-state index is 11.3. The highest BCUT2D eigenvalue weighted by Crippen LogP contribution is 2.12. The second-order valence-electron chi connectivity index (χ2n) is 2.71. The molecule has 0 aromatic carbocycles. The fourth-order valence-electron chi connectivity index (χ4n) is 0.965. The fourth-order valence-corrected chi connectivity index (χ4v) is 1.11. The number of carbonyl (C=O) groups is 1. The first-order chi connectivity index (χ1) is 6.74. The van der Waals surface area contributed by atoms with E-state index in [9.17, 15) is 4.79 Å². The predicted molar refractivity (Wildman–Crippen MR) is 54.6 cm³/mol. The van der Waals surface area contributed by atoms with Crippen molar-refractivity contribution in [1.29, 1.82) is 0 Å². The lowest BCUT2D eigenvalue weighted by atomic mass is 10.4. The van der Waals surface area contributed by atoms with E-state index in [0.717, 1.165) is 13.1 Å². The Labute approximate surface area is 87.6 Å². The van der Waals surface area contributed by atoms with Crippen LogP contribution in [0.5, 0.6) is 0 Å². The number of carbonyl (C=O) groups excluding carboxylic acids is 1. The van der Waals surface area contributed by atoms with E-state index in [1.54, 1.807) is 12.1 Å². The molecule has 0 fully saturated rings. The van der Waals surface area contributed by atoms with Crippen LogP contribution in [0, 0.1) is 0 Å². The summed E-state index contributed by atoms with van der Waals surface area (Å²) in [6, 6.07) is 3.09. The number of amides is 1. The molecule has 0 saturated carbocycles. The number of nitrogens with one attached hydrogen (secondary N) is 2. The SMILES string of the molecule is CCNCCNC(=O)c1ccc(Cl)o1. The summed E-state index contributed by atoms with van der Waals surface area (Å²) >= 11 is 5.53. The van der Waals surface area contributed by atoms with Crippen molar-refractivity contribution in [3.05, 3.63) is 23.1 Å². The zero-order valence-corrected chi connectivity index (χ0v) is 8.73. The number of halogens is 1. The van der Waals surface area contributed by atoms with E-state index in [2.05, 4.69) is 10.6 Å². The Bertz CT molecular complexity index is 299. The quantitative estimate of drug-likeness (QED) is 0.729. The monoisotopic (exact) mass is 216 g/mol. The third-order valence-electron chi connectivity index (χ3n) is 1.63. The first kappa shape index (κ1) is 11.1. The smallest absolute Gasteiger partial charge is 0.287 e. The molecule has 78 valence electrons. The van der Waals surface area contributed by atoms with Gasteiger partial charge in [0.15, 0.2) is 11.0 Å². The summed E-state index contributed by atoms with van der Waals surface area (Å²) in [5.41, 5.74) is 0. The van der Waals surface area contributed by atoms with Crippen LogP contribution in [0.1, 0.15) is 17.5 Å². The van der Waals surface area contributed by atoms with Crippen molar-refractivity contribution in [2.24, 2.45) is 0 Å². The molecule has 0 aliphatic carbocycles. The van der Waals surface area contributed by atoms with Crippen molar-refractivity contribution in [2.75, 3.05) is 19.6 Å².